The number of sulfonamides is 1. The minimum Gasteiger partial charge on any atom is -0.457 e. The van der Waals surface area contributed by atoms with Crippen molar-refractivity contribution in [3.8, 4) is 11.5 Å². The Balaban J connectivity index is 1.36. The first-order valence-electron chi connectivity index (χ1n) is 11.3. The molecule has 1 amide bonds. The van der Waals surface area contributed by atoms with E-state index in [0.717, 1.165) is 29.2 Å². The molecule has 0 unspecified atom stereocenters. The molecule has 8 heteroatoms. The molecule has 0 bridgehead atoms. The van der Waals surface area contributed by atoms with Crippen molar-refractivity contribution in [1.29, 1.82) is 0 Å². The van der Waals surface area contributed by atoms with Crippen molar-refractivity contribution in [2.45, 2.75) is 19.4 Å². The quantitative estimate of drug-likeness (QED) is 0.499. The van der Waals surface area contributed by atoms with E-state index in [4.69, 9.17) is 4.74 Å². The number of carbonyl (C=O) groups excluding carboxylic acids is 1. The molecule has 3 aromatic rings. The summed E-state index contributed by atoms with van der Waals surface area (Å²) in [7, 11) is -3.66. The lowest BCUT2D eigenvalue weighted by Gasteiger charge is -2.22. The fourth-order valence-corrected chi connectivity index (χ4v) is 4.75. The van der Waals surface area contributed by atoms with Crippen molar-refractivity contribution in [3.05, 3.63) is 84.4 Å². The Kier molecular flexibility index (Phi) is 7.37. The number of ether oxygens (including phenoxy) is 1. The van der Waals surface area contributed by atoms with Crippen LogP contribution in [0.5, 0.6) is 11.5 Å². The van der Waals surface area contributed by atoms with E-state index < -0.39 is 10.0 Å². The summed E-state index contributed by atoms with van der Waals surface area (Å²) in [6.07, 6.45) is 3.53. The molecule has 1 N–H and O–H groups in total. The fourth-order valence-electron chi connectivity index (χ4n) is 3.89. The summed E-state index contributed by atoms with van der Waals surface area (Å²) in [5.41, 5.74) is 2.55. The van der Waals surface area contributed by atoms with Crippen molar-refractivity contribution in [2.75, 3.05) is 35.1 Å². The summed E-state index contributed by atoms with van der Waals surface area (Å²) in [6.45, 7) is 2.19. The van der Waals surface area contributed by atoms with Crippen LogP contribution in [-0.2, 0) is 21.4 Å². The lowest BCUT2D eigenvalue weighted by atomic mass is 10.2. The van der Waals surface area contributed by atoms with Crippen LogP contribution in [0.15, 0.2) is 78.9 Å². The number of nitrogens with zero attached hydrogens (tertiary/aromatic N) is 2. The first kappa shape index (κ1) is 23.6. The number of hydrogen-bond acceptors (Lipinski definition) is 5. The third kappa shape index (κ3) is 6.29. The largest absolute Gasteiger partial charge is 0.457 e. The van der Waals surface area contributed by atoms with Crippen LogP contribution in [0.2, 0.25) is 0 Å². The molecular weight excluding hydrogens is 450 g/mol. The molecule has 0 atom stereocenters. The molecule has 4 rings (SSSR count). The van der Waals surface area contributed by atoms with Crippen LogP contribution in [0.1, 0.15) is 18.4 Å². The first-order valence-corrected chi connectivity index (χ1v) is 13.1. The Morgan fingerprint density at radius 3 is 2.15 bits per heavy atom. The lowest BCUT2D eigenvalue weighted by Crippen LogP contribution is -2.40. The number of benzene rings is 3. The number of para-hydroxylation sites is 1. The molecule has 0 saturated carbocycles. The maximum absolute atomic E-state index is 12.6. The van der Waals surface area contributed by atoms with Crippen LogP contribution in [0, 0.1) is 0 Å². The third-order valence-electron chi connectivity index (χ3n) is 5.69. The van der Waals surface area contributed by atoms with E-state index in [0.29, 0.717) is 23.7 Å². The van der Waals surface area contributed by atoms with Gasteiger partial charge in [-0.3, -0.25) is 9.10 Å². The molecule has 7 nitrogen and oxygen atoms in total. The van der Waals surface area contributed by atoms with E-state index >= 15 is 0 Å². The van der Waals surface area contributed by atoms with Gasteiger partial charge in [0.05, 0.1) is 11.9 Å². The Morgan fingerprint density at radius 2 is 1.53 bits per heavy atom. The zero-order chi connectivity index (χ0) is 24.0. The van der Waals surface area contributed by atoms with Gasteiger partial charge in [0, 0.05) is 25.3 Å². The summed E-state index contributed by atoms with van der Waals surface area (Å²) in [5, 5.41) is 2.82. The highest BCUT2D eigenvalue weighted by Gasteiger charge is 2.21. The van der Waals surface area contributed by atoms with Gasteiger partial charge in [-0.15, -0.1) is 0 Å². The number of anilines is 2. The van der Waals surface area contributed by atoms with Crippen molar-refractivity contribution in [3.63, 3.8) is 0 Å². The summed E-state index contributed by atoms with van der Waals surface area (Å²) < 4.78 is 31.6. The molecular formula is C26H29N3O4S. The van der Waals surface area contributed by atoms with Crippen molar-refractivity contribution in [2.24, 2.45) is 0 Å². The van der Waals surface area contributed by atoms with Gasteiger partial charge in [-0.1, -0.05) is 30.3 Å². The molecule has 3 aromatic carbocycles. The topological polar surface area (TPSA) is 79.0 Å². The van der Waals surface area contributed by atoms with E-state index in [2.05, 4.69) is 22.3 Å². The van der Waals surface area contributed by atoms with Gasteiger partial charge in [-0.2, -0.15) is 0 Å². The molecule has 34 heavy (non-hydrogen) atoms. The highest BCUT2D eigenvalue weighted by molar-refractivity contribution is 7.92. The summed E-state index contributed by atoms with van der Waals surface area (Å²) in [6, 6.07) is 24.0. The van der Waals surface area contributed by atoms with Gasteiger partial charge >= 0.3 is 0 Å². The van der Waals surface area contributed by atoms with E-state index in [-0.39, 0.29) is 12.5 Å². The zero-order valence-corrected chi connectivity index (χ0v) is 20.0. The second kappa shape index (κ2) is 10.6. The van der Waals surface area contributed by atoms with Gasteiger partial charge in [0.15, 0.2) is 0 Å². The average Bonchev–Trinajstić information content (AvgIpc) is 3.37. The normalized spacial score (nSPS) is 13.5. The van der Waals surface area contributed by atoms with Crippen molar-refractivity contribution < 1.29 is 17.9 Å². The van der Waals surface area contributed by atoms with E-state index in [1.807, 2.05) is 42.5 Å². The predicted molar refractivity (Wildman–Crippen MR) is 135 cm³/mol. The molecule has 0 aliphatic carbocycles. The second-order valence-corrected chi connectivity index (χ2v) is 10.2. The Hall–Kier alpha value is -3.52. The van der Waals surface area contributed by atoms with Gasteiger partial charge in [0.2, 0.25) is 15.9 Å². The number of carbonyl (C=O) groups is 1. The molecule has 0 spiro atoms. The van der Waals surface area contributed by atoms with Crippen molar-refractivity contribution >= 4 is 27.3 Å². The monoisotopic (exact) mass is 479 g/mol. The SMILES string of the molecule is CS(=O)(=O)N(CC(=O)NCc1ccc(N2CCCC2)cc1)c1ccc(Oc2ccccc2)cc1. The predicted octanol–water partition coefficient (Wildman–Crippen LogP) is 4.16. The minimum absolute atomic E-state index is 0.302. The number of rotatable bonds is 9. The van der Waals surface area contributed by atoms with Crippen LogP contribution < -0.4 is 19.3 Å². The van der Waals surface area contributed by atoms with Gasteiger partial charge in [-0.25, -0.2) is 8.42 Å². The summed E-state index contributed by atoms with van der Waals surface area (Å²) in [4.78, 5) is 14.9. The lowest BCUT2D eigenvalue weighted by molar-refractivity contribution is -0.119. The first-order chi connectivity index (χ1) is 16.4. The van der Waals surface area contributed by atoms with Gasteiger partial charge < -0.3 is 15.0 Å². The molecule has 0 aromatic heterocycles. The van der Waals surface area contributed by atoms with E-state index in [1.165, 1.54) is 18.5 Å². The number of amides is 1. The van der Waals surface area contributed by atoms with Gasteiger partial charge in [0.1, 0.15) is 18.0 Å². The molecule has 1 aliphatic rings. The maximum Gasteiger partial charge on any atom is 0.241 e. The Labute approximate surface area is 201 Å². The minimum atomic E-state index is -3.66. The smallest absolute Gasteiger partial charge is 0.241 e. The number of nitrogens with one attached hydrogen (secondary N) is 1. The molecule has 0 radical (unpaired) electrons. The van der Waals surface area contributed by atoms with Gasteiger partial charge in [0.25, 0.3) is 0 Å². The summed E-state index contributed by atoms with van der Waals surface area (Å²) >= 11 is 0. The molecule has 1 saturated heterocycles. The average molecular weight is 480 g/mol. The second-order valence-electron chi connectivity index (χ2n) is 8.32. The van der Waals surface area contributed by atoms with Gasteiger partial charge in [-0.05, 0) is 66.9 Å². The van der Waals surface area contributed by atoms with E-state index in [9.17, 15) is 13.2 Å². The molecule has 1 aliphatic heterocycles. The van der Waals surface area contributed by atoms with Crippen LogP contribution in [0.4, 0.5) is 11.4 Å². The summed E-state index contributed by atoms with van der Waals surface area (Å²) in [5.74, 6) is 0.881. The highest BCUT2D eigenvalue weighted by Crippen LogP contribution is 2.25. The third-order valence-corrected chi connectivity index (χ3v) is 6.83. The molecule has 1 fully saturated rings. The fraction of sp³-hybridized carbons (Fsp3) is 0.269. The number of hydrogen-bond donors (Lipinski definition) is 1. The molecule has 178 valence electrons. The highest BCUT2D eigenvalue weighted by atomic mass is 32.2. The van der Waals surface area contributed by atoms with Crippen LogP contribution in [-0.4, -0.2) is 40.2 Å². The Bertz CT molecular complexity index is 1190. The van der Waals surface area contributed by atoms with Crippen molar-refractivity contribution in [1.82, 2.24) is 5.32 Å². The zero-order valence-electron chi connectivity index (χ0n) is 19.2. The Morgan fingerprint density at radius 1 is 0.912 bits per heavy atom. The van der Waals surface area contributed by atoms with E-state index in [1.54, 1.807) is 24.3 Å². The molecule has 1 heterocycles. The standard InChI is InChI=1S/C26H29N3O4S/c1-34(31,32)29(23-13-15-25(16-14-23)33-24-7-3-2-4-8-24)20-26(30)27-19-21-9-11-22(12-10-21)28-17-5-6-18-28/h2-4,7-16H,5-6,17-20H2,1H3,(H,27,30). The van der Waals surface area contributed by atoms with Crippen LogP contribution >= 0.6 is 0 Å². The maximum atomic E-state index is 12.6. The van der Waals surface area contributed by atoms with Crippen LogP contribution in [0.3, 0.4) is 0 Å². The van der Waals surface area contributed by atoms with Crippen LogP contribution in [0.25, 0.3) is 0 Å².